The van der Waals surface area contributed by atoms with Crippen molar-refractivity contribution >= 4 is 35.8 Å². The van der Waals surface area contributed by atoms with Crippen LogP contribution in [-0.2, 0) is 4.74 Å². The minimum absolute atomic E-state index is 0. The van der Waals surface area contributed by atoms with Crippen LogP contribution in [-0.4, -0.2) is 54.7 Å². The summed E-state index contributed by atoms with van der Waals surface area (Å²) in [5.74, 6) is 1.59. The predicted molar refractivity (Wildman–Crippen MR) is 135 cm³/mol. The van der Waals surface area contributed by atoms with Gasteiger partial charge in [-0.05, 0) is 56.5 Å². The molecule has 31 heavy (non-hydrogen) atoms. The number of benzene rings is 1. The quantitative estimate of drug-likeness (QED) is 0.224. The van der Waals surface area contributed by atoms with E-state index >= 15 is 0 Å². The Balaban J connectivity index is 0.00000341. The van der Waals surface area contributed by atoms with Crippen molar-refractivity contribution in [2.45, 2.75) is 38.9 Å². The third kappa shape index (κ3) is 8.25. The molecule has 170 valence electrons. The Morgan fingerprint density at radius 1 is 1.19 bits per heavy atom. The Morgan fingerprint density at radius 3 is 2.71 bits per heavy atom. The molecule has 0 spiro atoms. The zero-order chi connectivity index (χ0) is 21.2. The molecule has 1 saturated heterocycles. The monoisotopic (exact) mass is 541 g/mol. The third-order valence-corrected chi connectivity index (χ3v) is 4.95. The molecule has 6 nitrogen and oxygen atoms in total. The molecule has 1 aliphatic heterocycles. The second-order valence-corrected chi connectivity index (χ2v) is 7.48. The number of aliphatic imine (C=N–C) groups is 1. The van der Waals surface area contributed by atoms with Crippen LogP contribution in [0.2, 0.25) is 0 Å². The van der Waals surface area contributed by atoms with Crippen LogP contribution in [0.15, 0.2) is 53.7 Å². The summed E-state index contributed by atoms with van der Waals surface area (Å²) in [6, 6.07) is 12.4. The molecular formula is C23H33FIN5O. The van der Waals surface area contributed by atoms with Crippen LogP contribution in [0.5, 0.6) is 0 Å². The normalized spacial score (nSPS) is 18.9. The molecule has 0 bridgehead atoms. The van der Waals surface area contributed by atoms with E-state index < -0.39 is 0 Å². The van der Waals surface area contributed by atoms with Gasteiger partial charge in [-0.25, -0.2) is 9.37 Å². The molecule has 2 heterocycles. The second-order valence-electron chi connectivity index (χ2n) is 7.48. The molecular weight excluding hydrogens is 508 g/mol. The number of nitrogens with zero attached hydrogens (tertiary/aromatic N) is 3. The first-order chi connectivity index (χ1) is 14.7. The summed E-state index contributed by atoms with van der Waals surface area (Å²) >= 11 is 0. The number of pyridine rings is 1. The number of guanidine groups is 1. The number of nitrogens with one attached hydrogen (secondary N) is 2. The Kier molecular flexibility index (Phi) is 11.0. The number of anilines is 1. The van der Waals surface area contributed by atoms with Crippen LogP contribution in [0, 0.1) is 5.82 Å². The lowest BCUT2D eigenvalue weighted by Gasteiger charge is -2.38. The lowest BCUT2D eigenvalue weighted by Crippen LogP contribution is -2.50. The van der Waals surface area contributed by atoms with Gasteiger partial charge in [-0.1, -0.05) is 18.2 Å². The minimum atomic E-state index is -0.230. The molecule has 1 aliphatic rings. The van der Waals surface area contributed by atoms with E-state index in [-0.39, 0.29) is 42.0 Å². The van der Waals surface area contributed by atoms with Crippen LogP contribution in [0.25, 0.3) is 0 Å². The van der Waals surface area contributed by atoms with E-state index in [4.69, 9.17) is 9.73 Å². The van der Waals surface area contributed by atoms with Crippen molar-refractivity contribution in [1.82, 2.24) is 15.2 Å². The van der Waals surface area contributed by atoms with Gasteiger partial charge in [0, 0.05) is 32.4 Å². The van der Waals surface area contributed by atoms with Gasteiger partial charge < -0.3 is 20.3 Å². The van der Waals surface area contributed by atoms with Gasteiger partial charge in [-0.15, -0.1) is 24.0 Å². The molecule has 0 amide bonds. The largest absolute Gasteiger partial charge is 0.370 e. The zero-order valence-electron chi connectivity index (χ0n) is 18.3. The zero-order valence-corrected chi connectivity index (χ0v) is 20.6. The smallest absolute Gasteiger partial charge is 0.194 e. The first kappa shape index (κ1) is 25.3. The van der Waals surface area contributed by atoms with Gasteiger partial charge in [0.1, 0.15) is 17.7 Å². The molecule has 0 saturated carbocycles. The van der Waals surface area contributed by atoms with E-state index in [2.05, 4.69) is 34.4 Å². The maximum absolute atomic E-state index is 13.3. The second kappa shape index (κ2) is 13.5. The lowest BCUT2D eigenvalue weighted by atomic mass is 10.1. The minimum Gasteiger partial charge on any atom is -0.370 e. The molecule has 0 aliphatic carbocycles. The summed E-state index contributed by atoms with van der Waals surface area (Å²) in [5.41, 5.74) is 0.990. The highest BCUT2D eigenvalue weighted by Gasteiger charge is 2.28. The van der Waals surface area contributed by atoms with Gasteiger partial charge in [-0.3, -0.25) is 4.99 Å². The van der Waals surface area contributed by atoms with Crippen molar-refractivity contribution in [3.63, 3.8) is 0 Å². The van der Waals surface area contributed by atoms with E-state index in [1.165, 1.54) is 12.1 Å². The van der Waals surface area contributed by atoms with Crippen molar-refractivity contribution < 1.29 is 9.13 Å². The SMILES string of the molecule is CCNC(=NCCCCNc1ccccn1)N1CC(C)OC(c2ccc(F)cc2)C1.I. The molecule has 2 atom stereocenters. The average Bonchev–Trinajstić information content (AvgIpc) is 2.76. The van der Waals surface area contributed by atoms with Crippen LogP contribution < -0.4 is 10.6 Å². The number of rotatable bonds is 8. The molecule has 2 aromatic rings. The van der Waals surface area contributed by atoms with Crippen molar-refractivity contribution in [1.29, 1.82) is 0 Å². The summed E-state index contributed by atoms with van der Waals surface area (Å²) in [5, 5.41) is 6.73. The first-order valence-corrected chi connectivity index (χ1v) is 10.7. The van der Waals surface area contributed by atoms with Gasteiger partial charge in [0.05, 0.1) is 12.6 Å². The van der Waals surface area contributed by atoms with Crippen molar-refractivity contribution in [3.05, 3.63) is 60.0 Å². The highest BCUT2D eigenvalue weighted by molar-refractivity contribution is 14.0. The molecule has 0 radical (unpaired) electrons. The van der Waals surface area contributed by atoms with Crippen molar-refractivity contribution in [3.8, 4) is 0 Å². The Hall–Kier alpha value is -1.94. The van der Waals surface area contributed by atoms with Gasteiger partial charge in [0.15, 0.2) is 5.96 Å². The first-order valence-electron chi connectivity index (χ1n) is 10.7. The molecule has 2 N–H and O–H groups in total. The number of aromatic nitrogens is 1. The summed E-state index contributed by atoms with van der Waals surface area (Å²) in [4.78, 5) is 11.3. The van der Waals surface area contributed by atoms with E-state index in [1.807, 2.05) is 18.2 Å². The predicted octanol–water partition coefficient (Wildman–Crippen LogP) is 4.46. The maximum atomic E-state index is 13.3. The average molecular weight is 541 g/mol. The lowest BCUT2D eigenvalue weighted by molar-refractivity contribution is -0.0605. The van der Waals surface area contributed by atoms with Gasteiger partial charge in [0.2, 0.25) is 0 Å². The highest BCUT2D eigenvalue weighted by atomic mass is 127. The maximum Gasteiger partial charge on any atom is 0.194 e. The topological polar surface area (TPSA) is 61.8 Å². The molecule has 3 rings (SSSR count). The van der Waals surface area contributed by atoms with Crippen LogP contribution >= 0.6 is 24.0 Å². The van der Waals surface area contributed by atoms with Crippen LogP contribution in [0.3, 0.4) is 0 Å². The van der Waals surface area contributed by atoms with Gasteiger partial charge in [-0.2, -0.15) is 0 Å². The van der Waals surface area contributed by atoms with Gasteiger partial charge in [0.25, 0.3) is 0 Å². The fourth-order valence-electron chi connectivity index (χ4n) is 3.52. The summed E-state index contributed by atoms with van der Waals surface area (Å²) < 4.78 is 19.4. The van der Waals surface area contributed by atoms with E-state index in [1.54, 1.807) is 18.3 Å². The number of hydrogen-bond donors (Lipinski definition) is 2. The highest BCUT2D eigenvalue weighted by Crippen LogP contribution is 2.25. The van der Waals surface area contributed by atoms with Crippen molar-refractivity contribution in [2.75, 3.05) is 38.0 Å². The molecule has 8 heteroatoms. The Labute approximate surface area is 201 Å². The van der Waals surface area contributed by atoms with Gasteiger partial charge >= 0.3 is 0 Å². The number of hydrogen-bond acceptors (Lipinski definition) is 4. The number of ether oxygens (including phenoxy) is 1. The Morgan fingerprint density at radius 2 is 2.00 bits per heavy atom. The molecule has 1 fully saturated rings. The fraction of sp³-hybridized carbons (Fsp3) is 0.478. The number of unbranched alkanes of at least 4 members (excludes halogenated alkanes) is 1. The molecule has 1 aromatic heterocycles. The van der Waals surface area contributed by atoms with E-state index in [9.17, 15) is 4.39 Å². The Bertz CT molecular complexity index is 790. The van der Waals surface area contributed by atoms with Crippen LogP contribution in [0.1, 0.15) is 38.4 Å². The summed E-state index contributed by atoms with van der Waals surface area (Å²) in [7, 11) is 0. The number of halogens is 2. The summed E-state index contributed by atoms with van der Waals surface area (Å²) in [6.07, 6.45) is 3.78. The number of morpholine rings is 1. The summed E-state index contributed by atoms with van der Waals surface area (Å²) in [6.45, 7) is 8.08. The van der Waals surface area contributed by atoms with Crippen LogP contribution in [0.4, 0.5) is 10.2 Å². The molecule has 1 aromatic carbocycles. The van der Waals surface area contributed by atoms with E-state index in [0.29, 0.717) is 6.54 Å². The molecule has 2 unspecified atom stereocenters. The third-order valence-electron chi connectivity index (χ3n) is 4.95. The van der Waals surface area contributed by atoms with Crippen molar-refractivity contribution in [2.24, 2.45) is 4.99 Å². The van der Waals surface area contributed by atoms with E-state index in [0.717, 1.165) is 56.4 Å². The standard InChI is InChI=1S/C23H32FN5O.HI/c1-3-25-23(28-15-7-6-14-27-22-8-4-5-13-26-22)29-16-18(2)30-21(17-29)19-9-11-20(24)12-10-19;/h4-5,8-13,18,21H,3,6-7,14-17H2,1-2H3,(H,25,28)(H,26,27);1H. The fourth-order valence-corrected chi connectivity index (χ4v) is 3.52.